The molecule has 9 nitrogen and oxygen atoms in total. The van der Waals surface area contributed by atoms with Crippen LogP contribution in [-0.2, 0) is 9.59 Å². The van der Waals surface area contributed by atoms with Crippen molar-refractivity contribution in [3.05, 3.63) is 64.7 Å². The van der Waals surface area contributed by atoms with Crippen molar-refractivity contribution in [3.63, 3.8) is 0 Å². The van der Waals surface area contributed by atoms with Crippen molar-refractivity contribution in [3.8, 4) is 0 Å². The molecule has 1 aliphatic heterocycles. The van der Waals surface area contributed by atoms with Gasteiger partial charge < -0.3 is 10.6 Å². The quantitative estimate of drug-likeness (QED) is 0.493. The molecule has 1 fully saturated rings. The van der Waals surface area contributed by atoms with Crippen LogP contribution in [0.5, 0.6) is 0 Å². The van der Waals surface area contributed by atoms with Gasteiger partial charge in [-0.15, -0.1) is 0 Å². The Hall–Kier alpha value is -3.75. The summed E-state index contributed by atoms with van der Waals surface area (Å²) in [4.78, 5) is 48.1. The molecule has 26 heavy (non-hydrogen) atoms. The largest absolute Gasteiger partial charge is 0.336 e. The zero-order chi connectivity index (χ0) is 18.7. The lowest BCUT2D eigenvalue weighted by Gasteiger charge is -2.30. The Morgan fingerprint density at radius 3 is 2.38 bits per heavy atom. The van der Waals surface area contributed by atoms with Crippen molar-refractivity contribution >= 4 is 34.9 Å². The molecule has 1 aliphatic rings. The minimum Gasteiger partial charge on any atom is -0.336 e. The number of nitro benzene ring substituents is 1. The van der Waals surface area contributed by atoms with Crippen LogP contribution in [0.4, 0.5) is 21.9 Å². The van der Waals surface area contributed by atoms with E-state index in [1.165, 1.54) is 24.3 Å². The highest BCUT2D eigenvalue weighted by Crippen LogP contribution is 2.21. The van der Waals surface area contributed by atoms with E-state index < -0.39 is 28.7 Å². The number of nitro groups is 1. The molecule has 2 aromatic carbocycles. The smallest absolute Gasteiger partial charge is 0.328 e. The van der Waals surface area contributed by atoms with Gasteiger partial charge >= 0.3 is 6.03 Å². The van der Waals surface area contributed by atoms with Gasteiger partial charge in [0, 0.05) is 24.4 Å². The molecule has 0 saturated carbocycles. The highest BCUT2D eigenvalue weighted by Gasteiger charge is 2.39. The minimum absolute atomic E-state index is 0.112. The van der Waals surface area contributed by atoms with E-state index >= 15 is 0 Å². The first-order chi connectivity index (χ1) is 12.5. The average molecular weight is 354 g/mol. The summed E-state index contributed by atoms with van der Waals surface area (Å²) in [6.07, 6.45) is 0. The van der Waals surface area contributed by atoms with Gasteiger partial charge in [-0.25, -0.2) is 9.69 Å². The minimum atomic E-state index is -1.11. The van der Waals surface area contributed by atoms with E-state index in [1.807, 2.05) is 0 Å². The molecule has 0 radical (unpaired) electrons. The van der Waals surface area contributed by atoms with Crippen LogP contribution in [0, 0.1) is 16.0 Å². The van der Waals surface area contributed by atoms with Gasteiger partial charge in [0.05, 0.1) is 10.6 Å². The van der Waals surface area contributed by atoms with Gasteiger partial charge in [-0.05, 0) is 24.3 Å². The lowest BCUT2D eigenvalue weighted by molar-refractivity contribution is -0.384. The monoisotopic (exact) mass is 354 g/mol. The fraction of sp³-hybridized carbons (Fsp3) is 0.118. The van der Waals surface area contributed by atoms with Crippen molar-refractivity contribution in [1.82, 2.24) is 5.32 Å². The molecule has 1 unspecified atom stereocenters. The first kappa shape index (κ1) is 17.1. The Kier molecular flexibility index (Phi) is 4.61. The second-order valence-electron chi connectivity index (χ2n) is 5.54. The second kappa shape index (κ2) is 7.01. The van der Waals surface area contributed by atoms with Crippen molar-refractivity contribution < 1.29 is 19.3 Å². The summed E-state index contributed by atoms with van der Waals surface area (Å²) < 4.78 is 0. The number of hydrogen-bond acceptors (Lipinski definition) is 5. The predicted molar refractivity (Wildman–Crippen MR) is 92.5 cm³/mol. The van der Waals surface area contributed by atoms with E-state index in [-0.39, 0.29) is 12.2 Å². The third-order valence-electron chi connectivity index (χ3n) is 3.86. The average Bonchev–Trinajstić information content (AvgIpc) is 2.63. The van der Waals surface area contributed by atoms with Crippen LogP contribution >= 0.6 is 0 Å². The molecule has 0 bridgehead atoms. The number of anilines is 2. The Balaban J connectivity index is 1.75. The molecule has 132 valence electrons. The third kappa shape index (κ3) is 3.36. The lowest BCUT2D eigenvalue weighted by Crippen LogP contribution is -2.58. The number of carbonyl (C=O) groups excluding carboxylic acids is 3. The van der Waals surface area contributed by atoms with Crippen molar-refractivity contribution in [2.45, 2.75) is 0 Å². The first-order valence-electron chi connectivity index (χ1n) is 7.69. The van der Waals surface area contributed by atoms with E-state index in [1.54, 1.807) is 30.3 Å². The normalized spacial score (nSPS) is 16.8. The topological polar surface area (TPSA) is 122 Å². The van der Waals surface area contributed by atoms with Crippen LogP contribution in [0.15, 0.2) is 54.6 Å². The number of urea groups is 1. The summed E-state index contributed by atoms with van der Waals surface area (Å²) in [7, 11) is 0. The second-order valence-corrected chi connectivity index (χ2v) is 5.54. The van der Waals surface area contributed by atoms with Gasteiger partial charge in [-0.1, -0.05) is 18.2 Å². The van der Waals surface area contributed by atoms with Crippen LogP contribution < -0.4 is 15.5 Å². The van der Waals surface area contributed by atoms with Crippen LogP contribution in [0.2, 0.25) is 0 Å². The van der Waals surface area contributed by atoms with E-state index in [0.29, 0.717) is 11.4 Å². The maximum atomic E-state index is 12.6. The van der Waals surface area contributed by atoms with E-state index in [9.17, 15) is 24.5 Å². The number of benzene rings is 2. The summed E-state index contributed by atoms with van der Waals surface area (Å²) in [6, 6.07) is 12.9. The lowest BCUT2D eigenvalue weighted by atomic mass is 10.0. The third-order valence-corrected chi connectivity index (χ3v) is 3.86. The highest BCUT2D eigenvalue weighted by atomic mass is 16.6. The zero-order valence-electron chi connectivity index (χ0n) is 13.4. The fourth-order valence-electron chi connectivity index (χ4n) is 2.53. The van der Waals surface area contributed by atoms with Crippen molar-refractivity contribution in [2.24, 2.45) is 5.92 Å². The van der Waals surface area contributed by atoms with E-state index in [0.717, 1.165) is 4.90 Å². The number of para-hydroxylation sites is 1. The number of rotatable bonds is 4. The summed E-state index contributed by atoms with van der Waals surface area (Å²) >= 11 is 0. The maximum Gasteiger partial charge on any atom is 0.328 e. The molecule has 0 aromatic heterocycles. The van der Waals surface area contributed by atoms with Gasteiger partial charge in [0.15, 0.2) is 0 Å². The Bertz CT molecular complexity index is 866. The molecule has 2 aromatic rings. The number of non-ortho nitro benzene ring substituents is 1. The van der Waals surface area contributed by atoms with Gasteiger partial charge in [-0.3, -0.25) is 19.7 Å². The van der Waals surface area contributed by atoms with Gasteiger partial charge in [0.2, 0.25) is 11.8 Å². The molecule has 3 rings (SSSR count). The SMILES string of the molecule is O=C(Nc1ccc([N+](=O)[O-])cc1)C1CNC(=O)N(c2ccccc2)C1=O. The van der Waals surface area contributed by atoms with Crippen LogP contribution in [0.1, 0.15) is 0 Å². The van der Waals surface area contributed by atoms with Crippen LogP contribution in [0.25, 0.3) is 0 Å². The molecule has 0 aliphatic carbocycles. The summed E-state index contributed by atoms with van der Waals surface area (Å²) in [6.45, 7) is -0.125. The molecule has 2 N–H and O–H groups in total. The van der Waals surface area contributed by atoms with Gasteiger partial charge in [0.25, 0.3) is 5.69 Å². The Morgan fingerprint density at radius 1 is 1.12 bits per heavy atom. The van der Waals surface area contributed by atoms with Crippen molar-refractivity contribution in [1.29, 1.82) is 0 Å². The zero-order valence-corrected chi connectivity index (χ0v) is 13.4. The highest BCUT2D eigenvalue weighted by molar-refractivity contribution is 6.23. The van der Waals surface area contributed by atoms with E-state index in [2.05, 4.69) is 10.6 Å². The van der Waals surface area contributed by atoms with Gasteiger partial charge in [0.1, 0.15) is 5.92 Å². The van der Waals surface area contributed by atoms with Crippen LogP contribution in [-0.4, -0.2) is 29.3 Å². The van der Waals surface area contributed by atoms with Crippen molar-refractivity contribution in [2.75, 3.05) is 16.8 Å². The summed E-state index contributed by atoms with van der Waals surface area (Å²) in [5.41, 5.74) is 0.568. The molecule has 1 atom stereocenters. The van der Waals surface area contributed by atoms with E-state index in [4.69, 9.17) is 0 Å². The first-order valence-corrected chi connectivity index (χ1v) is 7.69. The number of nitrogens with one attached hydrogen (secondary N) is 2. The number of hydrogen-bond donors (Lipinski definition) is 2. The fourth-order valence-corrected chi connectivity index (χ4v) is 2.53. The molecule has 9 heteroatoms. The summed E-state index contributed by atoms with van der Waals surface area (Å²) in [5.74, 6) is -2.35. The standard InChI is InChI=1S/C17H14N4O5/c22-15(19-11-6-8-13(9-7-11)21(25)26)14-10-18-17(24)20(16(14)23)12-4-2-1-3-5-12/h1-9,14H,10H2,(H,18,24)(H,19,22). The number of amides is 4. The summed E-state index contributed by atoms with van der Waals surface area (Å²) in [5, 5.41) is 15.7. The van der Waals surface area contributed by atoms with Crippen LogP contribution in [0.3, 0.4) is 0 Å². The predicted octanol–water partition coefficient (Wildman–Crippen LogP) is 1.91. The Labute approximate surface area is 147 Å². The molecule has 0 spiro atoms. The molecule has 4 amide bonds. The molecule has 1 saturated heterocycles. The Morgan fingerprint density at radius 2 is 1.77 bits per heavy atom. The maximum absolute atomic E-state index is 12.6. The molecular formula is C17H14N4O5. The number of carbonyl (C=O) groups is 3. The molecule has 1 heterocycles. The molecular weight excluding hydrogens is 340 g/mol. The number of imide groups is 1. The number of nitrogens with zero attached hydrogens (tertiary/aromatic N) is 2. The van der Waals surface area contributed by atoms with Gasteiger partial charge in [-0.2, -0.15) is 0 Å².